The largest absolute Gasteiger partial charge is 0.394 e. The van der Waals surface area contributed by atoms with Gasteiger partial charge in [-0.05, 0) is 12.8 Å². The van der Waals surface area contributed by atoms with Crippen molar-refractivity contribution < 1.29 is 34.4 Å². The minimum absolute atomic E-state index is 0.0127. The number of ether oxygens (including phenoxy) is 2. The molecule has 1 rings (SSSR count). The molecule has 140 valence electrons. The number of carbonyl (C=O) groups is 2. The van der Waals surface area contributed by atoms with Crippen LogP contribution in [0.3, 0.4) is 0 Å². The van der Waals surface area contributed by atoms with E-state index < -0.39 is 43.2 Å². The van der Waals surface area contributed by atoms with Crippen LogP contribution in [0.2, 0.25) is 0 Å². The highest BCUT2D eigenvalue weighted by Crippen LogP contribution is 2.22. The molecule has 4 N–H and O–H groups in total. The zero-order valence-corrected chi connectivity index (χ0v) is 14.5. The van der Waals surface area contributed by atoms with Gasteiger partial charge in [0.05, 0.1) is 6.61 Å². The third-order valence-corrected chi connectivity index (χ3v) is 3.99. The Hall–Kier alpha value is -1.06. The number of hydrogen-bond acceptors (Lipinski definition) is 7. The number of Topliss-reactive ketones (excluding diaryl/α,β-unsaturated/α-hetero) is 1. The summed E-state index contributed by atoms with van der Waals surface area (Å²) >= 11 is 0. The van der Waals surface area contributed by atoms with Crippen LogP contribution in [0.15, 0.2) is 0 Å². The lowest BCUT2D eigenvalue weighted by molar-refractivity contribution is -0.270. The molecular weight excluding hydrogens is 318 g/mol. The second-order valence-electron chi connectivity index (χ2n) is 6.38. The lowest BCUT2D eigenvalue weighted by Crippen LogP contribution is -2.64. The summed E-state index contributed by atoms with van der Waals surface area (Å²) in [5.41, 5.74) is 0. The number of nitrogens with one attached hydrogen (secondary N) is 1. The summed E-state index contributed by atoms with van der Waals surface area (Å²) < 4.78 is 11.0. The lowest BCUT2D eigenvalue weighted by Gasteiger charge is -2.42. The van der Waals surface area contributed by atoms with E-state index in [0.29, 0.717) is 19.3 Å². The van der Waals surface area contributed by atoms with Crippen LogP contribution >= 0.6 is 0 Å². The van der Waals surface area contributed by atoms with E-state index in [9.17, 15) is 24.9 Å². The van der Waals surface area contributed by atoms with Crippen LogP contribution in [0, 0.1) is 5.92 Å². The second kappa shape index (κ2) is 10.0. The standard InChI is InChI=1S/C16H29NO7/c1-9(2)11(20)6-4-5-7-23-16-13(17-10(3)19)15(22)14(21)12(8-18)24-16/h9,12-16,18,21-22H,4-8H2,1-3H3,(H,17,19)/t12-,13-,14+,15-,16-/m1/s1. The van der Waals surface area contributed by atoms with Crippen LogP contribution in [-0.2, 0) is 19.1 Å². The quantitative estimate of drug-likeness (QED) is 0.408. The smallest absolute Gasteiger partial charge is 0.217 e. The first-order valence-electron chi connectivity index (χ1n) is 8.31. The highest BCUT2D eigenvalue weighted by atomic mass is 16.7. The Morgan fingerprint density at radius 3 is 2.42 bits per heavy atom. The first-order chi connectivity index (χ1) is 11.3. The van der Waals surface area contributed by atoms with Crippen LogP contribution < -0.4 is 5.32 Å². The number of hydrogen-bond donors (Lipinski definition) is 4. The molecule has 1 fully saturated rings. The molecule has 1 aliphatic rings. The van der Waals surface area contributed by atoms with Crippen molar-refractivity contribution in [1.29, 1.82) is 0 Å². The molecular formula is C16H29NO7. The van der Waals surface area contributed by atoms with Gasteiger partial charge >= 0.3 is 0 Å². The molecule has 0 aromatic rings. The van der Waals surface area contributed by atoms with Crippen molar-refractivity contribution in [2.75, 3.05) is 13.2 Å². The van der Waals surface area contributed by atoms with Gasteiger partial charge in [-0.3, -0.25) is 9.59 Å². The van der Waals surface area contributed by atoms with Gasteiger partial charge in [0, 0.05) is 25.9 Å². The fraction of sp³-hybridized carbons (Fsp3) is 0.875. The van der Waals surface area contributed by atoms with Gasteiger partial charge in [-0.2, -0.15) is 0 Å². The second-order valence-corrected chi connectivity index (χ2v) is 6.38. The van der Waals surface area contributed by atoms with Crippen LogP contribution in [0.5, 0.6) is 0 Å². The molecule has 0 aromatic heterocycles. The summed E-state index contributed by atoms with van der Waals surface area (Å²) in [7, 11) is 0. The van der Waals surface area contributed by atoms with Crippen molar-refractivity contribution in [1.82, 2.24) is 5.32 Å². The first kappa shape index (κ1) is 21.0. The normalized spacial score (nSPS) is 30.4. The van der Waals surface area contributed by atoms with E-state index in [2.05, 4.69) is 5.32 Å². The number of rotatable bonds is 9. The van der Waals surface area contributed by atoms with Gasteiger partial charge in [0.2, 0.25) is 5.91 Å². The molecule has 0 aromatic carbocycles. The van der Waals surface area contributed by atoms with Crippen molar-refractivity contribution >= 4 is 11.7 Å². The van der Waals surface area contributed by atoms with E-state index in [0.717, 1.165) is 0 Å². The number of aliphatic hydroxyl groups is 3. The molecule has 0 aliphatic carbocycles. The molecule has 8 nitrogen and oxygen atoms in total. The molecule has 0 unspecified atom stereocenters. The predicted molar refractivity (Wildman–Crippen MR) is 85.0 cm³/mol. The highest BCUT2D eigenvalue weighted by molar-refractivity contribution is 5.80. The number of unbranched alkanes of at least 4 members (excludes halogenated alkanes) is 1. The van der Waals surface area contributed by atoms with Crippen LogP contribution in [0.1, 0.15) is 40.0 Å². The topological polar surface area (TPSA) is 125 Å². The molecule has 1 saturated heterocycles. The third kappa shape index (κ3) is 6.10. The average Bonchev–Trinajstić information content (AvgIpc) is 2.52. The third-order valence-electron chi connectivity index (χ3n) is 3.99. The summed E-state index contributed by atoms with van der Waals surface area (Å²) in [6, 6.07) is -0.933. The maximum absolute atomic E-state index is 11.5. The van der Waals surface area contributed by atoms with E-state index in [1.165, 1.54) is 6.92 Å². The van der Waals surface area contributed by atoms with Gasteiger partial charge in [0.1, 0.15) is 30.1 Å². The zero-order valence-electron chi connectivity index (χ0n) is 14.5. The Morgan fingerprint density at radius 1 is 1.21 bits per heavy atom. The van der Waals surface area contributed by atoms with Gasteiger partial charge in [0.15, 0.2) is 6.29 Å². The molecule has 0 spiro atoms. The molecule has 0 radical (unpaired) electrons. The Kier molecular flexibility index (Phi) is 8.79. The molecule has 5 atom stereocenters. The van der Waals surface area contributed by atoms with E-state index in [1.54, 1.807) is 0 Å². The molecule has 1 heterocycles. The minimum Gasteiger partial charge on any atom is -0.394 e. The van der Waals surface area contributed by atoms with E-state index in [4.69, 9.17) is 9.47 Å². The molecule has 24 heavy (non-hydrogen) atoms. The van der Waals surface area contributed by atoms with E-state index >= 15 is 0 Å². The SMILES string of the molecule is CC(=O)N[C@H]1[C@H](OCCCCC(=O)C(C)C)O[C@H](CO)[C@H](O)[C@@H]1O. The summed E-state index contributed by atoms with van der Waals surface area (Å²) in [5, 5.41) is 31.7. The van der Waals surface area contributed by atoms with Gasteiger partial charge < -0.3 is 30.1 Å². The summed E-state index contributed by atoms with van der Waals surface area (Å²) in [5.74, 6) is -0.189. The Morgan fingerprint density at radius 2 is 1.88 bits per heavy atom. The maximum atomic E-state index is 11.5. The lowest BCUT2D eigenvalue weighted by atomic mass is 9.97. The van der Waals surface area contributed by atoms with Gasteiger partial charge in [-0.1, -0.05) is 13.8 Å². The van der Waals surface area contributed by atoms with Crippen molar-refractivity contribution in [3.63, 3.8) is 0 Å². The summed E-state index contributed by atoms with van der Waals surface area (Å²) in [6.07, 6.45) is -2.84. The Bertz CT molecular complexity index is 415. The van der Waals surface area contributed by atoms with E-state index in [-0.39, 0.29) is 18.3 Å². The summed E-state index contributed by atoms with van der Waals surface area (Å²) in [6.45, 7) is 4.79. The molecule has 8 heteroatoms. The Balaban J connectivity index is 2.51. The predicted octanol–water partition coefficient (Wildman–Crippen LogP) is -0.658. The number of amides is 1. The van der Waals surface area contributed by atoms with Gasteiger partial charge in [-0.15, -0.1) is 0 Å². The van der Waals surface area contributed by atoms with Gasteiger partial charge in [0.25, 0.3) is 0 Å². The van der Waals surface area contributed by atoms with Crippen LogP contribution in [0.25, 0.3) is 0 Å². The number of aliphatic hydroxyl groups excluding tert-OH is 3. The molecule has 0 saturated carbocycles. The van der Waals surface area contributed by atoms with Crippen molar-refractivity contribution in [2.45, 2.75) is 70.7 Å². The van der Waals surface area contributed by atoms with Crippen molar-refractivity contribution in [2.24, 2.45) is 5.92 Å². The minimum atomic E-state index is -1.32. The van der Waals surface area contributed by atoms with Crippen LogP contribution in [-0.4, -0.2) is 70.9 Å². The zero-order chi connectivity index (χ0) is 18.3. The fourth-order valence-electron chi connectivity index (χ4n) is 2.50. The highest BCUT2D eigenvalue weighted by Gasteiger charge is 2.45. The molecule has 1 aliphatic heterocycles. The monoisotopic (exact) mass is 347 g/mol. The maximum Gasteiger partial charge on any atom is 0.217 e. The van der Waals surface area contributed by atoms with Gasteiger partial charge in [-0.25, -0.2) is 0 Å². The number of carbonyl (C=O) groups excluding carboxylic acids is 2. The Labute approximate surface area is 142 Å². The number of ketones is 1. The van der Waals surface area contributed by atoms with Crippen molar-refractivity contribution in [3.8, 4) is 0 Å². The summed E-state index contributed by atoms with van der Waals surface area (Å²) in [4.78, 5) is 22.8. The fourth-order valence-corrected chi connectivity index (χ4v) is 2.50. The van der Waals surface area contributed by atoms with Crippen LogP contribution in [0.4, 0.5) is 0 Å². The average molecular weight is 347 g/mol. The van der Waals surface area contributed by atoms with E-state index in [1.807, 2.05) is 13.8 Å². The first-order valence-corrected chi connectivity index (χ1v) is 8.31. The molecule has 0 bridgehead atoms. The molecule has 1 amide bonds. The van der Waals surface area contributed by atoms with Crippen molar-refractivity contribution in [3.05, 3.63) is 0 Å².